The number of hydrazine groups is 2. The zero-order valence-electron chi connectivity index (χ0n) is 10.5. The van der Waals surface area contributed by atoms with E-state index in [2.05, 4.69) is 23.4 Å². The van der Waals surface area contributed by atoms with Gasteiger partial charge in [-0.1, -0.05) is 24.3 Å². The molecule has 0 radical (unpaired) electrons. The number of hydrogen-bond acceptors (Lipinski definition) is 6. The van der Waals surface area contributed by atoms with Crippen LogP contribution in [0.3, 0.4) is 0 Å². The fraction of sp³-hybridized carbons (Fsp3) is 0. The molecule has 0 aliphatic rings. The number of hydrogen-bond donors (Lipinski definition) is 6. The van der Waals surface area contributed by atoms with Crippen LogP contribution in [-0.2, 0) is 0 Å². The summed E-state index contributed by atoms with van der Waals surface area (Å²) >= 11 is 0. The Morgan fingerprint density at radius 1 is 0.700 bits per heavy atom. The first kappa shape index (κ1) is 17.5. The van der Waals surface area contributed by atoms with Crippen molar-refractivity contribution >= 4 is 22.7 Å². The molecule has 0 aliphatic carbocycles. The fourth-order valence-corrected chi connectivity index (χ4v) is 1.67. The van der Waals surface area contributed by atoms with Crippen LogP contribution >= 0.6 is 0 Å². The fourth-order valence-electron chi connectivity index (χ4n) is 1.67. The van der Waals surface area contributed by atoms with Crippen LogP contribution in [0.5, 0.6) is 0 Å². The maximum atomic E-state index is 10.9. The molecule has 2 aromatic carbocycles. The molecule has 0 aromatic heterocycles. The third-order valence-electron chi connectivity index (χ3n) is 2.38. The second kappa shape index (κ2) is 8.56. The molecule has 2 aromatic rings. The van der Waals surface area contributed by atoms with Crippen LogP contribution in [0.2, 0.25) is 0 Å². The molecule has 8 heteroatoms. The molecule has 0 unspecified atom stereocenters. The average Bonchev–Trinajstić information content (AvgIpc) is 2.49. The highest BCUT2D eigenvalue weighted by molar-refractivity contribution is 6.10. The number of carboxylic acid groups (broad SMARTS) is 2. The van der Waals surface area contributed by atoms with Gasteiger partial charge in [-0.3, -0.25) is 23.4 Å². The molecule has 0 saturated heterocycles. The van der Waals surface area contributed by atoms with Crippen LogP contribution in [0, 0.1) is 0 Å². The molecule has 0 saturated carbocycles. The van der Waals surface area contributed by atoms with Crippen molar-refractivity contribution < 1.29 is 19.8 Å². The molecule has 0 bridgehead atoms. The van der Waals surface area contributed by atoms with E-state index in [9.17, 15) is 9.59 Å². The molecule has 0 amide bonds. The monoisotopic (exact) mass is 280 g/mol. The number of carbonyl (C=O) groups is 2. The van der Waals surface area contributed by atoms with Crippen LogP contribution < -0.4 is 23.4 Å². The van der Waals surface area contributed by atoms with Gasteiger partial charge in [0.05, 0.1) is 11.1 Å². The number of nitrogens with two attached hydrogens (primary N) is 4. The molecular formula is C12H16N4O4. The van der Waals surface area contributed by atoms with E-state index < -0.39 is 11.9 Å². The maximum Gasteiger partial charge on any atom is 0.336 e. The lowest BCUT2D eigenvalue weighted by molar-refractivity contribution is 0.0684. The average molecular weight is 280 g/mol. The number of fused-ring (bicyclic) bond motifs is 1. The van der Waals surface area contributed by atoms with Crippen LogP contribution in [0.1, 0.15) is 20.7 Å². The lowest BCUT2D eigenvalue weighted by Gasteiger charge is -2.05. The van der Waals surface area contributed by atoms with Crippen molar-refractivity contribution in [2.45, 2.75) is 0 Å². The van der Waals surface area contributed by atoms with E-state index in [0.717, 1.165) is 0 Å². The second-order valence-corrected chi connectivity index (χ2v) is 3.32. The molecule has 10 N–H and O–H groups in total. The van der Waals surface area contributed by atoms with Gasteiger partial charge in [-0.25, -0.2) is 9.59 Å². The molecule has 8 nitrogen and oxygen atoms in total. The minimum atomic E-state index is -1.06. The van der Waals surface area contributed by atoms with Crippen LogP contribution in [0.4, 0.5) is 0 Å². The quantitative estimate of drug-likeness (QED) is 0.325. The van der Waals surface area contributed by atoms with Crippen LogP contribution in [0.25, 0.3) is 10.8 Å². The lowest BCUT2D eigenvalue weighted by atomic mass is 10.00. The Labute approximate surface area is 114 Å². The first-order valence-corrected chi connectivity index (χ1v) is 5.26. The zero-order chi connectivity index (χ0) is 15.7. The van der Waals surface area contributed by atoms with E-state index in [1.54, 1.807) is 24.3 Å². The van der Waals surface area contributed by atoms with Gasteiger partial charge in [0.15, 0.2) is 0 Å². The predicted octanol–water partition coefficient (Wildman–Crippen LogP) is -0.126. The Morgan fingerprint density at radius 2 is 1.00 bits per heavy atom. The lowest BCUT2D eigenvalue weighted by Crippen LogP contribution is -2.02. The summed E-state index contributed by atoms with van der Waals surface area (Å²) in [5.74, 6) is 13.9. The minimum absolute atomic E-state index is 0.112. The zero-order valence-corrected chi connectivity index (χ0v) is 10.5. The van der Waals surface area contributed by atoms with Crippen molar-refractivity contribution in [2.75, 3.05) is 0 Å². The van der Waals surface area contributed by atoms with Gasteiger partial charge in [0.2, 0.25) is 0 Å². The third kappa shape index (κ3) is 3.73. The van der Waals surface area contributed by atoms with Gasteiger partial charge < -0.3 is 10.2 Å². The second-order valence-electron chi connectivity index (χ2n) is 3.32. The molecule has 0 aliphatic heterocycles. The van der Waals surface area contributed by atoms with Crippen molar-refractivity contribution in [3.8, 4) is 0 Å². The van der Waals surface area contributed by atoms with Gasteiger partial charge in [0.1, 0.15) is 0 Å². The van der Waals surface area contributed by atoms with Gasteiger partial charge in [0.25, 0.3) is 0 Å². The van der Waals surface area contributed by atoms with E-state index in [1.165, 1.54) is 12.1 Å². The van der Waals surface area contributed by atoms with Crippen molar-refractivity contribution in [1.29, 1.82) is 0 Å². The highest BCUT2D eigenvalue weighted by Crippen LogP contribution is 2.22. The predicted molar refractivity (Wildman–Crippen MR) is 74.6 cm³/mol. The molecule has 0 heterocycles. The van der Waals surface area contributed by atoms with Gasteiger partial charge in [-0.2, -0.15) is 0 Å². The highest BCUT2D eigenvalue weighted by atomic mass is 16.4. The first-order chi connectivity index (χ1) is 9.61. The Bertz CT molecular complexity index is 549. The largest absolute Gasteiger partial charge is 0.478 e. The van der Waals surface area contributed by atoms with E-state index >= 15 is 0 Å². The first-order valence-electron chi connectivity index (χ1n) is 5.26. The van der Waals surface area contributed by atoms with E-state index in [-0.39, 0.29) is 11.1 Å². The van der Waals surface area contributed by atoms with Gasteiger partial charge in [-0.05, 0) is 22.9 Å². The summed E-state index contributed by atoms with van der Waals surface area (Å²) in [6.07, 6.45) is 0. The summed E-state index contributed by atoms with van der Waals surface area (Å²) in [5.41, 5.74) is 0.223. The topological polar surface area (TPSA) is 179 Å². The third-order valence-corrected chi connectivity index (χ3v) is 2.38. The number of carboxylic acids is 2. The standard InChI is InChI=1S/C12H8O4.2H4N2/c13-11(14)9-5-6-10(12(15)16)8-4-2-1-3-7(8)9;2*1-2/h1-6H,(H,13,14)(H,15,16);2*1-2H2. The molecule has 108 valence electrons. The van der Waals surface area contributed by atoms with Crippen molar-refractivity contribution in [3.05, 3.63) is 47.5 Å². The number of benzene rings is 2. The van der Waals surface area contributed by atoms with Gasteiger partial charge >= 0.3 is 11.9 Å². The van der Waals surface area contributed by atoms with Crippen molar-refractivity contribution in [1.82, 2.24) is 0 Å². The van der Waals surface area contributed by atoms with Crippen LogP contribution in [0.15, 0.2) is 36.4 Å². The maximum absolute atomic E-state index is 10.9. The van der Waals surface area contributed by atoms with Gasteiger partial charge in [0, 0.05) is 0 Å². The molecule has 0 atom stereocenters. The molecule has 20 heavy (non-hydrogen) atoms. The smallest absolute Gasteiger partial charge is 0.336 e. The summed E-state index contributed by atoms with van der Waals surface area (Å²) in [6.45, 7) is 0. The van der Waals surface area contributed by atoms with Crippen molar-refractivity contribution in [3.63, 3.8) is 0 Å². The van der Waals surface area contributed by atoms with E-state index in [1.807, 2.05) is 0 Å². The number of aromatic carboxylic acids is 2. The summed E-state index contributed by atoms with van der Waals surface area (Å²) in [5, 5.41) is 18.8. The normalized spacial score (nSPS) is 8.80. The number of rotatable bonds is 2. The Kier molecular flexibility index (Phi) is 7.48. The summed E-state index contributed by atoms with van der Waals surface area (Å²) in [6, 6.07) is 9.19. The molecule has 0 fully saturated rings. The molecular weight excluding hydrogens is 264 g/mol. The summed E-state index contributed by atoms with van der Waals surface area (Å²) in [4.78, 5) is 21.9. The minimum Gasteiger partial charge on any atom is -0.478 e. The van der Waals surface area contributed by atoms with E-state index in [0.29, 0.717) is 10.8 Å². The SMILES string of the molecule is NN.NN.O=C(O)c1ccc(C(=O)O)c2ccccc12. The van der Waals surface area contributed by atoms with Gasteiger partial charge in [-0.15, -0.1) is 0 Å². The van der Waals surface area contributed by atoms with E-state index in [4.69, 9.17) is 10.2 Å². The summed E-state index contributed by atoms with van der Waals surface area (Å²) in [7, 11) is 0. The molecule has 0 spiro atoms. The van der Waals surface area contributed by atoms with Crippen molar-refractivity contribution in [2.24, 2.45) is 23.4 Å². The Balaban J connectivity index is 0.000000829. The Hall–Kier alpha value is -2.52. The summed E-state index contributed by atoms with van der Waals surface area (Å²) < 4.78 is 0. The van der Waals surface area contributed by atoms with Crippen LogP contribution in [-0.4, -0.2) is 22.2 Å². The molecule has 2 rings (SSSR count). The Morgan fingerprint density at radius 3 is 1.25 bits per heavy atom. The highest BCUT2D eigenvalue weighted by Gasteiger charge is 2.13.